The Balaban J connectivity index is 2.97. The first kappa shape index (κ1) is 7.63. The molecule has 0 aliphatic carbocycles. The summed E-state index contributed by atoms with van der Waals surface area (Å²) in [5, 5.41) is 8.83. The first-order valence-corrected chi connectivity index (χ1v) is 2.93. The molecule has 0 radical (unpaired) electrons. The Morgan fingerprint density at radius 3 is 2.75 bits per heavy atom. The number of rotatable bonds is 4. The van der Waals surface area contributed by atoms with Gasteiger partial charge in [-0.3, -0.25) is 0 Å². The molecule has 0 aromatic carbocycles. The second kappa shape index (κ2) is 4.78. The van der Waals surface area contributed by atoms with Crippen molar-refractivity contribution in [3.63, 3.8) is 0 Å². The molecule has 8 heavy (non-hydrogen) atoms. The van der Waals surface area contributed by atoms with E-state index in [4.69, 9.17) is 5.11 Å². The van der Waals surface area contributed by atoms with Crippen LogP contribution in [-0.4, -0.2) is 17.5 Å². The number of aldehydes is 1. The van der Waals surface area contributed by atoms with E-state index in [-0.39, 0.29) is 6.10 Å². The Morgan fingerprint density at radius 2 is 2.38 bits per heavy atom. The summed E-state index contributed by atoms with van der Waals surface area (Å²) >= 11 is 0. The molecule has 0 saturated heterocycles. The van der Waals surface area contributed by atoms with Crippen molar-refractivity contribution in [1.29, 1.82) is 0 Å². The molecule has 48 valence electrons. The van der Waals surface area contributed by atoms with Gasteiger partial charge in [-0.05, 0) is 12.8 Å². The highest BCUT2D eigenvalue weighted by molar-refractivity contribution is 5.49. The maximum atomic E-state index is 9.71. The van der Waals surface area contributed by atoms with Gasteiger partial charge in [0.1, 0.15) is 6.29 Å². The van der Waals surface area contributed by atoms with Crippen LogP contribution in [0.15, 0.2) is 0 Å². The lowest BCUT2D eigenvalue weighted by atomic mass is 10.2. The summed E-state index contributed by atoms with van der Waals surface area (Å²) < 4.78 is 0. The van der Waals surface area contributed by atoms with Gasteiger partial charge in [0.25, 0.3) is 0 Å². The normalized spacial score (nSPS) is 13.2. The Bertz CT molecular complexity index is 61.5. The van der Waals surface area contributed by atoms with Crippen LogP contribution in [-0.2, 0) is 4.79 Å². The quantitative estimate of drug-likeness (QED) is 0.550. The zero-order valence-corrected chi connectivity index (χ0v) is 5.13. The predicted octanol–water partition coefficient (Wildman–Crippen LogP) is 0.736. The summed E-state index contributed by atoms with van der Waals surface area (Å²) in [5.74, 6) is 0. The van der Waals surface area contributed by atoms with Crippen molar-refractivity contribution >= 4 is 6.29 Å². The second-order valence-corrected chi connectivity index (χ2v) is 1.81. The van der Waals surface area contributed by atoms with E-state index in [0.29, 0.717) is 12.8 Å². The Morgan fingerprint density at radius 1 is 1.75 bits per heavy atom. The maximum absolute atomic E-state index is 9.71. The molecule has 0 saturated carbocycles. The van der Waals surface area contributed by atoms with Gasteiger partial charge in [-0.25, -0.2) is 0 Å². The van der Waals surface area contributed by atoms with Crippen LogP contribution in [0, 0.1) is 0 Å². The molecule has 2 heteroatoms. The molecule has 0 bridgehead atoms. The fraction of sp³-hybridized carbons (Fsp3) is 0.833. The van der Waals surface area contributed by atoms with Gasteiger partial charge < -0.3 is 9.90 Å². The summed E-state index contributed by atoms with van der Waals surface area (Å²) in [7, 11) is 0. The molecule has 1 atom stereocenters. The standard InChI is InChI=1S/C6H12O2/c1-2-6(8)4-3-5-7/h5-6,8H,2-4H2,1H3. The molecule has 0 aliphatic heterocycles. The highest BCUT2D eigenvalue weighted by Crippen LogP contribution is 1.97. The Kier molecular flexibility index (Phi) is 4.56. The molecule has 0 spiro atoms. The lowest BCUT2D eigenvalue weighted by Gasteiger charge is -2.01. The van der Waals surface area contributed by atoms with Gasteiger partial charge in [0.15, 0.2) is 0 Å². The average Bonchev–Trinajstić information content (AvgIpc) is 1.83. The summed E-state index contributed by atoms with van der Waals surface area (Å²) in [6.07, 6.45) is 2.39. The van der Waals surface area contributed by atoms with Gasteiger partial charge in [0, 0.05) is 6.42 Å². The Hall–Kier alpha value is -0.370. The highest BCUT2D eigenvalue weighted by atomic mass is 16.3. The van der Waals surface area contributed by atoms with Gasteiger partial charge in [-0.15, -0.1) is 0 Å². The number of aliphatic hydroxyl groups is 1. The van der Waals surface area contributed by atoms with Crippen molar-refractivity contribution in [1.82, 2.24) is 0 Å². The third-order valence-electron chi connectivity index (χ3n) is 1.09. The lowest BCUT2D eigenvalue weighted by molar-refractivity contribution is -0.108. The zero-order valence-electron chi connectivity index (χ0n) is 5.13. The van der Waals surface area contributed by atoms with Crippen LogP contribution in [0.25, 0.3) is 0 Å². The fourth-order valence-electron chi connectivity index (χ4n) is 0.465. The van der Waals surface area contributed by atoms with E-state index in [1.54, 1.807) is 0 Å². The predicted molar refractivity (Wildman–Crippen MR) is 31.6 cm³/mol. The number of carbonyl (C=O) groups excluding carboxylic acids is 1. The topological polar surface area (TPSA) is 37.3 Å². The minimum absolute atomic E-state index is 0.278. The molecule has 0 aromatic rings. The van der Waals surface area contributed by atoms with E-state index in [2.05, 4.69) is 0 Å². The van der Waals surface area contributed by atoms with E-state index in [9.17, 15) is 4.79 Å². The average molecular weight is 116 g/mol. The lowest BCUT2D eigenvalue weighted by Crippen LogP contribution is -2.03. The third-order valence-corrected chi connectivity index (χ3v) is 1.09. The van der Waals surface area contributed by atoms with Crippen molar-refractivity contribution in [2.75, 3.05) is 0 Å². The van der Waals surface area contributed by atoms with Crippen molar-refractivity contribution < 1.29 is 9.90 Å². The van der Waals surface area contributed by atoms with Crippen LogP contribution in [0.4, 0.5) is 0 Å². The molecule has 0 amide bonds. The smallest absolute Gasteiger partial charge is 0.120 e. The van der Waals surface area contributed by atoms with Gasteiger partial charge in [-0.2, -0.15) is 0 Å². The molecule has 0 heterocycles. The molecule has 0 rings (SSSR count). The number of carbonyl (C=O) groups is 1. The van der Waals surface area contributed by atoms with Crippen LogP contribution in [0.5, 0.6) is 0 Å². The molecule has 1 N–H and O–H groups in total. The summed E-state index contributed by atoms with van der Waals surface area (Å²) in [5.41, 5.74) is 0. The minimum atomic E-state index is -0.278. The van der Waals surface area contributed by atoms with Crippen molar-refractivity contribution in [3.8, 4) is 0 Å². The molecular weight excluding hydrogens is 104 g/mol. The first-order valence-electron chi connectivity index (χ1n) is 2.93. The largest absolute Gasteiger partial charge is 0.393 e. The summed E-state index contributed by atoms with van der Waals surface area (Å²) in [6.45, 7) is 1.90. The summed E-state index contributed by atoms with van der Waals surface area (Å²) in [4.78, 5) is 9.71. The molecular formula is C6H12O2. The van der Waals surface area contributed by atoms with Gasteiger partial charge >= 0.3 is 0 Å². The van der Waals surface area contributed by atoms with E-state index in [1.807, 2.05) is 6.92 Å². The van der Waals surface area contributed by atoms with E-state index < -0.39 is 0 Å². The third kappa shape index (κ3) is 3.81. The van der Waals surface area contributed by atoms with Gasteiger partial charge in [-0.1, -0.05) is 6.92 Å². The monoisotopic (exact) mass is 116 g/mol. The van der Waals surface area contributed by atoms with Crippen LogP contribution in [0.3, 0.4) is 0 Å². The van der Waals surface area contributed by atoms with E-state index in [1.165, 1.54) is 0 Å². The van der Waals surface area contributed by atoms with Crippen molar-refractivity contribution in [3.05, 3.63) is 0 Å². The molecule has 1 unspecified atom stereocenters. The minimum Gasteiger partial charge on any atom is -0.393 e. The van der Waals surface area contributed by atoms with Gasteiger partial charge in [0.05, 0.1) is 6.10 Å². The number of hydrogen-bond acceptors (Lipinski definition) is 2. The molecule has 2 nitrogen and oxygen atoms in total. The maximum Gasteiger partial charge on any atom is 0.120 e. The first-order chi connectivity index (χ1) is 3.81. The second-order valence-electron chi connectivity index (χ2n) is 1.81. The zero-order chi connectivity index (χ0) is 6.41. The summed E-state index contributed by atoms with van der Waals surface area (Å²) in [6, 6.07) is 0. The Labute approximate surface area is 49.5 Å². The van der Waals surface area contributed by atoms with E-state index in [0.717, 1.165) is 12.7 Å². The SMILES string of the molecule is CCC(O)CCC=O. The van der Waals surface area contributed by atoms with Gasteiger partial charge in [0.2, 0.25) is 0 Å². The number of aliphatic hydroxyl groups excluding tert-OH is 1. The number of hydrogen-bond donors (Lipinski definition) is 1. The van der Waals surface area contributed by atoms with Crippen LogP contribution < -0.4 is 0 Å². The molecule has 0 aromatic heterocycles. The molecule has 0 fully saturated rings. The van der Waals surface area contributed by atoms with Crippen LogP contribution in [0.2, 0.25) is 0 Å². The van der Waals surface area contributed by atoms with Crippen LogP contribution >= 0.6 is 0 Å². The fourth-order valence-corrected chi connectivity index (χ4v) is 0.465. The van der Waals surface area contributed by atoms with Crippen LogP contribution in [0.1, 0.15) is 26.2 Å². The molecule has 0 aliphatic rings. The highest BCUT2D eigenvalue weighted by Gasteiger charge is 1.96. The van der Waals surface area contributed by atoms with Crippen molar-refractivity contribution in [2.24, 2.45) is 0 Å². The van der Waals surface area contributed by atoms with Crippen molar-refractivity contribution in [2.45, 2.75) is 32.3 Å². The van der Waals surface area contributed by atoms with E-state index >= 15 is 0 Å².